The van der Waals surface area contributed by atoms with Gasteiger partial charge in [0.05, 0.1) is 12.1 Å². The first-order valence-corrected chi connectivity index (χ1v) is 9.44. The summed E-state index contributed by atoms with van der Waals surface area (Å²) in [4.78, 5) is 33.1. The highest BCUT2D eigenvalue weighted by atomic mass is 16.4. The zero-order chi connectivity index (χ0) is 20.5. The first-order chi connectivity index (χ1) is 13.4. The molecular weight excluding hydrogens is 359 g/mol. The minimum atomic E-state index is -1.68. The van der Waals surface area contributed by atoms with E-state index in [9.17, 15) is 19.6 Å². The number of amides is 2. The number of hydrogen-bond donors (Lipinski definition) is 4. The van der Waals surface area contributed by atoms with E-state index in [1.165, 1.54) is 18.6 Å². The maximum atomic E-state index is 12.9. The van der Waals surface area contributed by atoms with Gasteiger partial charge in [0.25, 0.3) is 5.91 Å². The van der Waals surface area contributed by atoms with Crippen LogP contribution in [0.4, 0.5) is 0 Å². The molecule has 2 rings (SSSR count). The van der Waals surface area contributed by atoms with E-state index >= 15 is 0 Å². The van der Waals surface area contributed by atoms with Crippen LogP contribution in [-0.4, -0.2) is 50.9 Å². The van der Waals surface area contributed by atoms with E-state index in [2.05, 4.69) is 20.6 Å². The Hall–Kier alpha value is -2.52. The topological polar surface area (TPSA) is 124 Å². The van der Waals surface area contributed by atoms with Gasteiger partial charge in [0.2, 0.25) is 5.91 Å². The molecule has 0 saturated heterocycles. The van der Waals surface area contributed by atoms with Crippen LogP contribution in [0.25, 0.3) is 0 Å². The van der Waals surface area contributed by atoms with Crippen molar-refractivity contribution in [3.63, 3.8) is 0 Å². The van der Waals surface area contributed by atoms with Gasteiger partial charge in [-0.1, -0.05) is 37.6 Å². The molecular formula is C19H27BN4O4. The monoisotopic (exact) mass is 386 g/mol. The molecule has 0 fully saturated rings. The number of carbonyl (C=O) groups excluding carboxylic acids is 2. The molecule has 2 amide bonds. The van der Waals surface area contributed by atoms with Crippen molar-refractivity contribution in [2.24, 2.45) is 5.92 Å². The van der Waals surface area contributed by atoms with Gasteiger partial charge in [0, 0.05) is 12.4 Å². The van der Waals surface area contributed by atoms with Crippen LogP contribution < -0.4 is 10.6 Å². The second kappa shape index (κ2) is 10.7. The predicted octanol–water partition coefficient (Wildman–Crippen LogP) is 0.784. The quantitative estimate of drug-likeness (QED) is 0.465. The van der Waals surface area contributed by atoms with Gasteiger partial charge >= 0.3 is 7.12 Å². The molecule has 28 heavy (non-hydrogen) atoms. The second-order valence-electron chi connectivity index (χ2n) is 7.27. The molecule has 0 spiro atoms. The van der Waals surface area contributed by atoms with Crippen molar-refractivity contribution in [1.82, 2.24) is 20.6 Å². The average Bonchev–Trinajstić information content (AvgIpc) is 2.68. The lowest BCUT2D eigenvalue weighted by atomic mass is 9.75. The molecule has 0 bridgehead atoms. The second-order valence-corrected chi connectivity index (χ2v) is 7.27. The highest BCUT2D eigenvalue weighted by molar-refractivity contribution is 6.43. The highest BCUT2D eigenvalue weighted by Crippen LogP contribution is 2.18. The highest BCUT2D eigenvalue weighted by Gasteiger charge is 2.30. The Bertz CT molecular complexity index is 722. The molecule has 4 N–H and O–H groups in total. The summed E-state index contributed by atoms with van der Waals surface area (Å²) in [5, 5.41) is 24.5. The zero-order valence-corrected chi connectivity index (χ0v) is 16.2. The molecule has 1 aliphatic carbocycles. The molecule has 2 unspecified atom stereocenters. The van der Waals surface area contributed by atoms with Crippen molar-refractivity contribution in [1.29, 1.82) is 0 Å². The van der Waals surface area contributed by atoms with Gasteiger partial charge in [-0.05, 0) is 31.6 Å². The lowest BCUT2D eigenvalue weighted by molar-refractivity contribution is -0.123. The van der Waals surface area contributed by atoms with E-state index in [0.717, 1.165) is 18.4 Å². The molecule has 0 saturated carbocycles. The summed E-state index contributed by atoms with van der Waals surface area (Å²) in [6, 6.07) is -0.860. The van der Waals surface area contributed by atoms with Gasteiger partial charge in [-0.15, -0.1) is 0 Å². The summed E-state index contributed by atoms with van der Waals surface area (Å²) in [6.45, 7) is 3.85. The summed E-state index contributed by atoms with van der Waals surface area (Å²) >= 11 is 0. The fourth-order valence-corrected chi connectivity index (χ4v) is 2.99. The molecule has 8 nitrogen and oxygen atoms in total. The fourth-order valence-electron chi connectivity index (χ4n) is 2.99. The van der Waals surface area contributed by atoms with Crippen LogP contribution in [0.5, 0.6) is 0 Å². The molecule has 9 heteroatoms. The Kier molecular flexibility index (Phi) is 8.34. The van der Waals surface area contributed by atoms with Gasteiger partial charge < -0.3 is 20.7 Å². The first-order valence-electron chi connectivity index (χ1n) is 9.44. The third-order valence-electron chi connectivity index (χ3n) is 4.40. The fraction of sp³-hybridized carbons (Fsp3) is 0.474. The average molecular weight is 386 g/mol. The molecule has 1 aliphatic rings. The first kappa shape index (κ1) is 21.8. The lowest BCUT2D eigenvalue weighted by Gasteiger charge is -2.25. The van der Waals surface area contributed by atoms with Crippen molar-refractivity contribution in [2.75, 3.05) is 0 Å². The Morgan fingerprint density at radius 3 is 2.61 bits per heavy atom. The van der Waals surface area contributed by atoms with Crippen molar-refractivity contribution in [3.05, 3.63) is 48.1 Å². The molecule has 1 heterocycles. The number of nitrogens with one attached hydrogen (secondary N) is 2. The molecule has 2 atom stereocenters. The third-order valence-corrected chi connectivity index (χ3v) is 4.40. The Morgan fingerprint density at radius 1 is 1.25 bits per heavy atom. The summed E-state index contributed by atoms with van der Waals surface area (Å²) in [5.41, 5.74) is 1.14. The van der Waals surface area contributed by atoms with E-state index in [-0.39, 0.29) is 11.6 Å². The molecule has 0 aromatic carbocycles. The minimum Gasteiger partial charge on any atom is -0.426 e. The van der Waals surface area contributed by atoms with Crippen LogP contribution >= 0.6 is 0 Å². The van der Waals surface area contributed by atoms with Crippen LogP contribution in [0.2, 0.25) is 0 Å². The largest absolute Gasteiger partial charge is 0.475 e. The van der Waals surface area contributed by atoms with E-state index in [0.29, 0.717) is 12.8 Å². The Labute approximate surface area is 165 Å². The number of nitrogens with zero attached hydrogens (tertiary/aromatic N) is 2. The van der Waals surface area contributed by atoms with Gasteiger partial charge in [0.1, 0.15) is 11.7 Å². The van der Waals surface area contributed by atoms with Gasteiger partial charge in [-0.3, -0.25) is 14.6 Å². The van der Waals surface area contributed by atoms with Crippen LogP contribution in [0.1, 0.15) is 50.0 Å². The molecule has 150 valence electrons. The minimum absolute atomic E-state index is 0.110. The van der Waals surface area contributed by atoms with Gasteiger partial charge in [-0.2, -0.15) is 0 Å². The molecule has 1 aromatic heterocycles. The van der Waals surface area contributed by atoms with E-state index in [1.54, 1.807) is 0 Å². The molecule has 1 aromatic rings. The van der Waals surface area contributed by atoms with E-state index in [1.807, 2.05) is 32.1 Å². The van der Waals surface area contributed by atoms with Crippen LogP contribution in [-0.2, 0) is 4.79 Å². The van der Waals surface area contributed by atoms with Crippen LogP contribution in [0.15, 0.2) is 42.4 Å². The number of hydrogen-bond acceptors (Lipinski definition) is 6. The maximum Gasteiger partial charge on any atom is 0.475 e. The van der Waals surface area contributed by atoms with Gasteiger partial charge in [0.15, 0.2) is 0 Å². The summed E-state index contributed by atoms with van der Waals surface area (Å²) in [6.07, 6.45) is 12.5. The number of carbonyl (C=O) groups is 2. The molecule has 0 aliphatic heterocycles. The van der Waals surface area contributed by atoms with Crippen LogP contribution in [0.3, 0.4) is 0 Å². The number of rotatable bonds is 9. The maximum absolute atomic E-state index is 12.9. The van der Waals surface area contributed by atoms with Crippen molar-refractivity contribution in [3.8, 4) is 0 Å². The predicted molar refractivity (Wildman–Crippen MR) is 106 cm³/mol. The smallest absolute Gasteiger partial charge is 0.426 e. The van der Waals surface area contributed by atoms with Crippen molar-refractivity contribution >= 4 is 18.9 Å². The zero-order valence-electron chi connectivity index (χ0n) is 16.2. The van der Waals surface area contributed by atoms with E-state index in [4.69, 9.17) is 0 Å². The number of allylic oxidation sites excluding steroid dienone is 3. The van der Waals surface area contributed by atoms with E-state index < -0.39 is 30.9 Å². The Balaban J connectivity index is 2.13. The summed E-state index contributed by atoms with van der Waals surface area (Å²) in [7, 11) is -1.68. The van der Waals surface area contributed by atoms with Crippen LogP contribution in [0, 0.1) is 5.92 Å². The van der Waals surface area contributed by atoms with Crippen molar-refractivity contribution in [2.45, 2.75) is 51.5 Å². The standard InChI is InChI=1S/C19H27BN4O4/c1-13(2)10-17(20(27)28)24-18(25)15(11-14-6-4-3-5-7-14)23-19(26)16-12-21-8-9-22-16/h3-4,6,8-9,12-13,15,17,27-28H,5,7,10-11H2,1-2H3,(H,23,26)(H,24,25). The summed E-state index contributed by atoms with van der Waals surface area (Å²) < 4.78 is 0. The SMILES string of the molecule is CC(C)CC(NC(=O)C(CC1=CC=CCC1)NC(=O)c1cnccn1)B(O)O. The molecule has 0 radical (unpaired) electrons. The summed E-state index contributed by atoms with van der Waals surface area (Å²) in [5.74, 6) is -1.63. The Morgan fingerprint density at radius 2 is 2.04 bits per heavy atom. The normalized spacial score (nSPS) is 15.5. The third kappa shape index (κ3) is 6.90. The number of aromatic nitrogens is 2. The van der Waals surface area contributed by atoms with Crippen molar-refractivity contribution < 1.29 is 19.6 Å². The lowest BCUT2D eigenvalue weighted by Crippen LogP contribution is -2.54. The van der Waals surface area contributed by atoms with Gasteiger partial charge in [-0.25, -0.2) is 4.98 Å².